The van der Waals surface area contributed by atoms with Crippen LogP contribution in [0.15, 0.2) is 59.5 Å². The predicted octanol–water partition coefficient (Wildman–Crippen LogP) is 2.57. The van der Waals surface area contributed by atoms with Gasteiger partial charge in [-0.15, -0.1) is 0 Å². The number of aromatic amines is 1. The van der Waals surface area contributed by atoms with Crippen LogP contribution in [0.3, 0.4) is 0 Å². The number of ether oxygens (including phenoxy) is 1. The fourth-order valence-corrected chi connectivity index (χ4v) is 3.17. The van der Waals surface area contributed by atoms with Gasteiger partial charge < -0.3 is 4.74 Å². The molecule has 2 aromatic heterocycles. The third-order valence-corrected chi connectivity index (χ3v) is 4.73. The molecule has 0 bridgehead atoms. The quantitative estimate of drug-likeness (QED) is 0.426. The number of para-hydroxylation sites is 1. The second-order valence-corrected chi connectivity index (χ2v) is 6.47. The molecule has 4 aromatic rings. The van der Waals surface area contributed by atoms with Gasteiger partial charge in [-0.1, -0.05) is 12.1 Å². The number of aromatic nitrogens is 4. The SMILES string of the molecule is CCn1c(NNC(=O)c2cn[nH]c2-c2ccc(OC)cc2)nc2ccccc2c1=O. The summed E-state index contributed by atoms with van der Waals surface area (Å²) in [6.45, 7) is 2.24. The van der Waals surface area contributed by atoms with Gasteiger partial charge in [0.15, 0.2) is 0 Å². The number of nitrogens with one attached hydrogen (secondary N) is 3. The third kappa shape index (κ3) is 3.48. The molecule has 0 aliphatic rings. The fourth-order valence-electron chi connectivity index (χ4n) is 3.17. The van der Waals surface area contributed by atoms with E-state index in [1.807, 2.05) is 19.1 Å². The van der Waals surface area contributed by atoms with Gasteiger partial charge in [-0.2, -0.15) is 5.10 Å². The minimum atomic E-state index is -0.417. The number of carbonyl (C=O) groups excluding carboxylic acids is 1. The van der Waals surface area contributed by atoms with E-state index in [-0.39, 0.29) is 11.5 Å². The van der Waals surface area contributed by atoms with Crippen molar-refractivity contribution in [2.24, 2.45) is 0 Å². The van der Waals surface area contributed by atoms with Crippen LogP contribution in [0.25, 0.3) is 22.2 Å². The van der Waals surface area contributed by atoms with E-state index in [9.17, 15) is 9.59 Å². The van der Waals surface area contributed by atoms with Gasteiger partial charge in [0.25, 0.3) is 11.5 Å². The summed E-state index contributed by atoms with van der Waals surface area (Å²) in [5, 5.41) is 7.36. The number of benzene rings is 2. The predicted molar refractivity (Wildman–Crippen MR) is 113 cm³/mol. The summed E-state index contributed by atoms with van der Waals surface area (Å²) in [6, 6.07) is 14.3. The van der Waals surface area contributed by atoms with E-state index in [2.05, 4.69) is 26.0 Å². The van der Waals surface area contributed by atoms with Gasteiger partial charge in [0.2, 0.25) is 5.95 Å². The molecule has 9 heteroatoms. The van der Waals surface area contributed by atoms with E-state index in [1.165, 1.54) is 10.8 Å². The number of hydrazine groups is 1. The van der Waals surface area contributed by atoms with Gasteiger partial charge in [0, 0.05) is 12.1 Å². The summed E-state index contributed by atoms with van der Waals surface area (Å²) >= 11 is 0. The molecular formula is C21H20N6O3. The number of fused-ring (bicyclic) bond motifs is 1. The van der Waals surface area contributed by atoms with E-state index >= 15 is 0 Å². The van der Waals surface area contributed by atoms with Crippen LogP contribution in [-0.4, -0.2) is 32.8 Å². The molecule has 0 atom stereocenters. The van der Waals surface area contributed by atoms with Crippen molar-refractivity contribution in [3.63, 3.8) is 0 Å². The third-order valence-electron chi connectivity index (χ3n) is 4.73. The minimum Gasteiger partial charge on any atom is -0.497 e. The summed E-state index contributed by atoms with van der Waals surface area (Å²) in [7, 11) is 1.59. The molecule has 1 amide bonds. The van der Waals surface area contributed by atoms with Crippen LogP contribution in [0.4, 0.5) is 5.95 Å². The Morgan fingerprint density at radius 2 is 1.93 bits per heavy atom. The van der Waals surface area contributed by atoms with Gasteiger partial charge in [0.05, 0.1) is 35.5 Å². The smallest absolute Gasteiger partial charge is 0.273 e. The molecular weight excluding hydrogens is 384 g/mol. The molecule has 4 rings (SSSR count). The Balaban J connectivity index is 1.59. The molecule has 0 fully saturated rings. The van der Waals surface area contributed by atoms with Crippen LogP contribution < -0.4 is 21.1 Å². The molecule has 0 saturated carbocycles. The van der Waals surface area contributed by atoms with Crippen molar-refractivity contribution in [2.75, 3.05) is 12.5 Å². The molecule has 9 nitrogen and oxygen atoms in total. The van der Waals surface area contributed by atoms with Crippen LogP contribution >= 0.6 is 0 Å². The highest BCUT2D eigenvalue weighted by Gasteiger charge is 2.16. The number of methoxy groups -OCH3 is 1. The van der Waals surface area contributed by atoms with Gasteiger partial charge in [0.1, 0.15) is 5.75 Å². The number of hydrogen-bond donors (Lipinski definition) is 3. The molecule has 0 aliphatic carbocycles. The molecule has 0 aliphatic heterocycles. The lowest BCUT2D eigenvalue weighted by Gasteiger charge is -2.14. The Morgan fingerprint density at radius 3 is 2.67 bits per heavy atom. The standard InChI is InChI=1S/C21H20N6O3/c1-3-27-20(29)15-6-4-5-7-17(15)23-21(27)26-25-19(28)16-12-22-24-18(16)13-8-10-14(30-2)11-9-13/h4-12H,3H2,1-2H3,(H,22,24)(H,23,26)(H,25,28). The highest BCUT2D eigenvalue weighted by molar-refractivity contribution is 6.00. The number of carbonyl (C=O) groups is 1. The summed E-state index contributed by atoms with van der Waals surface area (Å²) in [4.78, 5) is 29.9. The van der Waals surface area contributed by atoms with Gasteiger partial charge in [-0.3, -0.25) is 30.1 Å². The van der Waals surface area contributed by atoms with Crippen LogP contribution in [0.2, 0.25) is 0 Å². The van der Waals surface area contributed by atoms with Crippen molar-refractivity contribution in [3.05, 3.63) is 70.6 Å². The van der Waals surface area contributed by atoms with E-state index in [4.69, 9.17) is 4.74 Å². The molecule has 0 saturated heterocycles. The van der Waals surface area contributed by atoms with Gasteiger partial charge in [-0.25, -0.2) is 4.98 Å². The molecule has 0 unspecified atom stereocenters. The topological polar surface area (TPSA) is 114 Å². The van der Waals surface area contributed by atoms with Crippen molar-refractivity contribution in [1.29, 1.82) is 0 Å². The average Bonchev–Trinajstić information content (AvgIpc) is 3.28. The first-order valence-electron chi connectivity index (χ1n) is 9.36. The van der Waals surface area contributed by atoms with Crippen LogP contribution in [-0.2, 0) is 6.54 Å². The zero-order valence-electron chi connectivity index (χ0n) is 16.5. The largest absolute Gasteiger partial charge is 0.497 e. The van der Waals surface area contributed by atoms with Crippen LogP contribution in [0, 0.1) is 0 Å². The highest BCUT2D eigenvalue weighted by Crippen LogP contribution is 2.23. The number of hydrogen-bond acceptors (Lipinski definition) is 6. The fraction of sp³-hybridized carbons (Fsp3) is 0.143. The lowest BCUT2D eigenvalue weighted by molar-refractivity contribution is 0.0963. The van der Waals surface area contributed by atoms with E-state index < -0.39 is 5.91 Å². The molecule has 0 radical (unpaired) electrons. The maximum atomic E-state index is 12.8. The van der Waals surface area contributed by atoms with Gasteiger partial charge in [-0.05, 0) is 43.3 Å². The maximum Gasteiger partial charge on any atom is 0.273 e. The van der Waals surface area contributed by atoms with E-state index in [0.717, 1.165) is 5.56 Å². The lowest BCUT2D eigenvalue weighted by Crippen LogP contribution is -2.34. The number of H-pyrrole nitrogens is 1. The Kier molecular flexibility index (Phi) is 5.17. The van der Waals surface area contributed by atoms with Crippen molar-refractivity contribution in [1.82, 2.24) is 25.2 Å². The molecule has 30 heavy (non-hydrogen) atoms. The zero-order chi connectivity index (χ0) is 21.1. The number of rotatable bonds is 6. The van der Waals surface area contributed by atoms with E-state index in [1.54, 1.807) is 43.5 Å². The van der Waals surface area contributed by atoms with Gasteiger partial charge >= 0.3 is 0 Å². The molecule has 0 spiro atoms. The molecule has 152 valence electrons. The normalized spacial score (nSPS) is 10.7. The van der Waals surface area contributed by atoms with E-state index in [0.29, 0.717) is 34.5 Å². The zero-order valence-corrected chi connectivity index (χ0v) is 16.5. The second-order valence-electron chi connectivity index (χ2n) is 6.47. The van der Waals surface area contributed by atoms with Crippen LogP contribution in [0.1, 0.15) is 17.3 Å². The first kappa shape index (κ1) is 19.2. The molecule has 2 aromatic carbocycles. The Hall–Kier alpha value is -4.14. The Bertz CT molecular complexity index is 1260. The van der Waals surface area contributed by atoms with Crippen molar-refractivity contribution < 1.29 is 9.53 Å². The van der Waals surface area contributed by atoms with Crippen LogP contribution in [0.5, 0.6) is 5.75 Å². The second kappa shape index (κ2) is 8.08. The maximum absolute atomic E-state index is 12.8. The summed E-state index contributed by atoms with van der Waals surface area (Å²) in [6.07, 6.45) is 1.44. The van der Waals surface area contributed by atoms with Crippen molar-refractivity contribution in [2.45, 2.75) is 13.5 Å². The first-order chi connectivity index (χ1) is 14.6. The Morgan fingerprint density at radius 1 is 1.17 bits per heavy atom. The Labute approximate surface area is 171 Å². The lowest BCUT2D eigenvalue weighted by atomic mass is 10.1. The van der Waals surface area contributed by atoms with Crippen molar-refractivity contribution in [3.8, 4) is 17.0 Å². The summed E-state index contributed by atoms with van der Waals surface area (Å²) < 4.78 is 6.62. The minimum absolute atomic E-state index is 0.179. The average molecular weight is 404 g/mol. The summed E-state index contributed by atoms with van der Waals surface area (Å²) in [5.41, 5.74) is 7.44. The highest BCUT2D eigenvalue weighted by atomic mass is 16.5. The first-order valence-corrected chi connectivity index (χ1v) is 9.36. The summed E-state index contributed by atoms with van der Waals surface area (Å²) in [5.74, 6) is 0.550. The molecule has 3 N–H and O–H groups in total. The van der Waals surface area contributed by atoms with Crippen molar-refractivity contribution >= 4 is 22.8 Å². The molecule has 2 heterocycles. The number of anilines is 1. The number of nitrogens with zero attached hydrogens (tertiary/aromatic N) is 3. The monoisotopic (exact) mass is 404 g/mol. The number of amides is 1.